The number of ether oxygens (including phenoxy) is 2. The van der Waals surface area contributed by atoms with Gasteiger partial charge in [-0.2, -0.15) is 0 Å². The molecule has 1 amide bonds. The minimum atomic E-state index is -0.0864. The van der Waals surface area contributed by atoms with Crippen LogP contribution in [0.5, 0.6) is 11.5 Å². The summed E-state index contributed by atoms with van der Waals surface area (Å²) in [5, 5.41) is 0. The van der Waals surface area contributed by atoms with Crippen LogP contribution in [0.2, 0.25) is 0 Å². The molecule has 0 bridgehead atoms. The molecule has 0 fully saturated rings. The lowest BCUT2D eigenvalue weighted by atomic mass is 10.1. The number of carbonyl (C=O) groups is 1. The summed E-state index contributed by atoms with van der Waals surface area (Å²) in [6, 6.07) is 13.0. The molecular formula is C20H19N3O3. The Morgan fingerprint density at radius 1 is 1.27 bits per heavy atom. The molecule has 3 aromatic rings. The number of benzene rings is 2. The molecule has 1 aromatic heterocycles. The molecule has 0 saturated heterocycles. The number of methoxy groups -OCH3 is 1. The van der Waals surface area contributed by atoms with E-state index in [0.717, 1.165) is 11.4 Å². The van der Waals surface area contributed by atoms with Gasteiger partial charge in [0.25, 0.3) is 5.91 Å². The summed E-state index contributed by atoms with van der Waals surface area (Å²) in [6.45, 7) is 2.43. The van der Waals surface area contributed by atoms with Gasteiger partial charge in [0.2, 0.25) is 0 Å². The van der Waals surface area contributed by atoms with Crippen LogP contribution in [0.15, 0.2) is 61.2 Å². The third-order valence-electron chi connectivity index (χ3n) is 4.37. The SMILES string of the molecule is COc1ccc2c(c1)N(C(=O)c1cccc(-n3ccnc3)c1)C[C@H](C)O2. The number of carbonyl (C=O) groups excluding carboxylic acids is 1. The number of aromatic nitrogens is 2. The van der Waals surface area contributed by atoms with Crippen LogP contribution in [0, 0.1) is 0 Å². The van der Waals surface area contributed by atoms with E-state index in [4.69, 9.17) is 9.47 Å². The topological polar surface area (TPSA) is 56.6 Å². The Kier molecular flexibility index (Phi) is 4.08. The molecule has 0 spiro atoms. The van der Waals surface area contributed by atoms with Crippen LogP contribution in [-0.4, -0.2) is 35.2 Å². The fraction of sp³-hybridized carbons (Fsp3) is 0.200. The van der Waals surface area contributed by atoms with Crippen molar-refractivity contribution in [3.05, 3.63) is 66.7 Å². The van der Waals surface area contributed by atoms with Crippen LogP contribution in [-0.2, 0) is 0 Å². The largest absolute Gasteiger partial charge is 0.497 e. The maximum Gasteiger partial charge on any atom is 0.258 e. The standard InChI is InChI=1S/C20H19N3O3/c1-14-12-23(18-11-17(25-2)6-7-19(18)26-14)20(24)15-4-3-5-16(10-15)22-9-8-21-13-22/h3-11,13-14H,12H2,1-2H3/t14-/m0/s1. The Morgan fingerprint density at radius 3 is 2.92 bits per heavy atom. The first-order valence-electron chi connectivity index (χ1n) is 8.40. The van der Waals surface area contributed by atoms with Gasteiger partial charge < -0.3 is 18.9 Å². The Labute approximate surface area is 151 Å². The van der Waals surface area contributed by atoms with Crippen molar-refractivity contribution in [1.29, 1.82) is 0 Å². The van der Waals surface area contributed by atoms with Crippen molar-refractivity contribution in [2.45, 2.75) is 13.0 Å². The van der Waals surface area contributed by atoms with Crippen molar-refractivity contribution in [1.82, 2.24) is 9.55 Å². The van der Waals surface area contributed by atoms with Gasteiger partial charge in [0.15, 0.2) is 0 Å². The lowest BCUT2D eigenvalue weighted by Crippen LogP contribution is -2.42. The molecule has 0 radical (unpaired) electrons. The summed E-state index contributed by atoms with van der Waals surface area (Å²) < 4.78 is 13.0. The summed E-state index contributed by atoms with van der Waals surface area (Å²) >= 11 is 0. The number of amides is 1. The molecule has 2 heterocycles. The predicted octanol–water partition coefficient (Wildman–Crippen LogP) is 3.31. The van der Waals surface area contributed by atoms with E-state index < -0.39 is 0 Å². The highest BCUT2D eigenvalue weighted by molar-refractivity contribution is 6.07. The molecule has 2 aromatic carbocycles. The van der Waals surface area contributed by atoms with E-state index in [1.807, 2.05) is 60.2 Å². The van der Waals surface area contributed by atoms with E-state index >= 15 is 0 Å². The highest BCUT2D eigenvalue weighted by atomic mass is 16.5. The minimum absolute atomic E-state index is 0.0726. The van der Waals surface area contributed by atoms with Gasteiger partial charge in [0.05, 0.1) is 25.7 Å². The highest BCUT2D eigenvalue weighted by Gasteiger charge is 2.29. The van der Waals surface area contributed by atoms with Crippen LogP contribution in [0.3, 0.4) is 0 Å². The van der Waals surface area contributed by atoms with Crippen molar-refractivity contribution in [3.63, 3.8) is 0 Å². The fourth-order valence-corrected chi connectivity index (χ4v) is 3.10. The van der Waals surface area contributed by atoms with E-state index in [9.17, 15) is 4.79 Å². The second-order valence-electron chi connectivity index (χ2n) is 6.20. The number of hydrogen-bond donors (Lipinski definition) is 0. The van der Waals surface area contributed by atoms with Gasteiger partial charge in [-0.05, 0) is 37.3 Å². The summed E-state index contributed by atoms with van der Waals surface area (Å²) in [7, 11) is 1.61. The van der Waals surface area contributed by atoms with E-state index in [2.05, 4.69) is 4.98 Å². The van der Waals surface area contributed by atoms with Crippen molar-refractivity contribution in [2.75, 3.05) is 18.6 Å². The molecule has 26 heavy (non-hydrogen) atoms. The highest BCUT2D eigenvalue weighted by Crippen LogP contribution is 2.37. The number of imidazole rings is 1. The number of nitrogens with zero attached hydrogens (tertiary/aromatic N) is 3. The minimum Gasteiger partial charge on any atom is -0.497 e. The zero-order chi connectivity index (χ0) is 18.1. The van der Waals surface area contributed by atoms with E-state index in [-0.39, 0.29) is 12.0 Å². The van der Waals surface area contributed by atoms with Gasteiger partial charge in [-0.15, -0.1) is 0 Å². The van der Waals surface area contributed by atoms with E-state index in [1.165, 1.54) is 0 Å². The molecule has 6 heteroatoms. The molecule has 132 valence electrons. The maximum absolute atomic E-state index is 13.2. The normalized spacial score (nSPS) is 15.9. The quantitative estimate of drug-likeness (QED) is 0.728. The first-order valence-corrected chi connectivity index (χ1v) is 8.40. The third-order valence-corrected chi connectivity index (χ3v) is 4.37. The van der Waals surface area contributed by atoms with Crippen molar-refractivity contribution in [3.8, 4) is 17.2 Å². The van der Waals surface area contributed by atoms with Gasteiger partial charge >= 0.3 is 0 Å². The molecule has 0 saturated carbocycles. The van der Waals surface area contributed by atoms with E-state index in [0.29, 0.717) is 23.6 Å². The lowest BCUT2D eigenvalue weighted by Gasteiger charge is -2.33. The first kappa shape index (κ1) is 16.2. The second-order valence-corrected chi connectivity index (χ2v) is 6.20. The summed E-state index contributed by atoms with van der Waals surface area (Å²) in [6.07, 6.45) is 5.18. The van der Waals surface area contributed by atoms with Crippen LogP contribution in [0.25, 0.3) is 5.69 Å². The van der Waals surface area contributed by atoms with Crippen LogP contribution >= 0.6 is 0 Å². The van der Waals surface area contributed by atoms with Crippen molar-refractivity contribution in [2.24, 2.45) is 0 Å². The van der Waals surface area contributed by atoms with Crippen LogP contribution in [0.4, 0.5) is 5.69 Å². The van der Waals surface area contributed by atoms with Gasteiger partial charge in [-0.3, -0.25) is 4.79 Å². The van der Waals surface area contributed by atoms with Gasteiger partial charge in [-0.1, -0.05) is 6.07 Å². The van der Waals surface area contributed by atoms with Crippen molar-refractivity contribution >= 4 is 11.6 Å². The maximum atomic E-state index is 13.2. The summed E-state index contributed by atoms with van der Waals surface area (Å²) in [4.78, 5) is 19.0. The Morgan fingerprint density at radius 2 is 2.15 bits per heavy atom. The van der Waals surface area contributed by atoms with Gasteiger partial charge in [-0.25, -0.2) is 4.98 Å². The molecule has 0 aliphatic carbocycles. The number of rotatable bonds is 3. The first-order chi connectivity index (χ1) is 12.7. The lowest BCUT2D eigenvalue weighted by molar-refractivity contribution is 0.0961. The molecule has 0 unspecified atom stereocenters. The third kappa shape index (κ3) is 2.90. The fourth-order valence-electron chi connectivity index (χ4n) is 3.10. The smallest absolute Gasteiger partial charge is 0.258 e. The van der Waals surface area contributed by atoms with Gasteiger partial charge in [0, 0.05) is 29.7 Å². The monoisotopic (exact) mass is 349 g/mol. The molecular weight excluding hydrogens is 330 g/mol. The molecule has 1 aliphatic heterocycles. The molecule has 1 aliphatic rings. The zero-order valence-electron chi connectivity index (χ0n) is 14.6. The average molecular weight is 349 g/mol. The Balaban J connectivity index is 1.72. The van der Waals surface area contributed by atoms with Crippen molar-refractivity contribution < 1.29 is 14.3 Å². The summed E-state index contributed by atoms with van der Waals surface area (Å²) in [5.74, 6) is 1.30. The molecule has 1 atom stereocenters. The average Bonchev–Trinajstić information content (AvgIpc) is 3.21. The predicted molar refractivity (Wildman–Crippen MR) is 98.3 cm³/mol. The van der Waals surface area contributed by atoms with Gasteiger partial charge in [0.1, 0.15) is 17.6 Å². The second kappa shape index (κ2) is 6.55. The molecule has 6 nitrogen and oxygen atoms in total. The summed E-state index contributed by atoms with van der Waals surface area (Å²) in [5.41, 5.74) is 2.22. The van der Waals surface area contributed by atoms with Crippen LogP contribution < -0.4 is 14.4 Å². The molecule has 0 N–H and O–H groups in total. The number of anilines is 1. The Hall–Kier alpha value is -3.28. The van der Waals surface area contributed by atoms with Crippen LogP contribution in [0.1, 0.15) is 17.3 Å². The Bertz CT molecular complexity index is 937. The zero-order valence-corrected chi connectivity index (χ0v) is 14.6. The molecule has 4 rings (SSSR count). The number of fused-ring (bicyclic) bond motifs is 1. The number of hydrogen-bond acceptors (Lipinski definition) is 4. The van der Waals surface area contributed by atoms with E-state index in [1.54, 1.807) is 24.5 Å².